The molecule has 1 atom stereocenters. The van der Waals surface area contributed by atoms with E-state index in [0.29, 0.717) is 5.02 Å². The summed E-state index contributed by atoms with van der Waals surface area (Å²) in [5.74, 6) is 0.861. The first-order valence-corrected chi connectivity index (χ1v) is 12.4. The third-order valence-electron chi connectivity index (χ3n) is 6.06. The van der Waals surface area contributed by atoms with E-state index < -0.39 is 0 Å². The predicted molar refractivity (Wildman–Crippen MR) is 135 cm³/mol. The Morgan fingerprint density at radius 1 is 0.848 bits per heavy atom. The fourth-order valence-electron chi connectivity index (χ4n) is 4.60. The molecule has 2 aliphatic rings. The van der Waals surface area contributed by atoms with Crippen LogP contribution < -0.4 is 0 Å². The highest BCUT2D eigenvalue weighted by molar-refractivity contribution is 8.03. The predicted octanol–water partition coefficient (Wildman–Crippen LogP) is 6.06. The third-order valence-corrected chi connectivity index (χ3v) is 7.65. The van der Waals surface area contributed by atoms with Crippen LogP contribution in [0.3, 0.4) is 0 Å². The minimum absolute atomic E-state index is 0.164. The number of nitriles is 1. The number of hydrogen-bond acceptors (Lipinski definition) is 5. The van der Waals surface area contributed by atoms with Crippen LogP contribution in [-0.4, -0.2) is 33.9 Å². The standard InChI is InChI=1S/C27H25ClN4S/c28-25-14-8-7-13-23(25)26-24(15-29)27-32(19-31(26)17-22-11-5-2-6-12-22)18-30(20-33-27)16-21-9-3-1-4-10-21/h1-14,26H,16-20H2. The lowest BCUT2D eigenvalue weighted by molar-refractivity contribution is 0.0630. The van der Waals surface area contributed by atoms with E-state index in [0.717, 1.165) is 48.5 Å². The lowest BCUT2D eigenvalue weighted by Gasteiger charge is -2.47. The Morgan fingerprint density at radius 3 is 2.15 bits per heavy atom. The average Bonchev–Trinajstić information content (AvgIpc) is 2.85. The van der Waals surface area contributed by atoms with Gasteiger partial charge in [-0.25, -0.2) is 0 Å². The monoisotopic (exact) mass is 472 g/mol. The number of halogens is 1. The summed E-state index contributed by atoms with van der Waals surface area (Å²) in [7, 11) is 0. The fraction of sp³-hybridized carbons (Fsp3) is 0.222. The topological polar surface area (TPSA) is 33.5 Å². The highest BCUT2D eigenvalue weighted by Crippen LogP contribution is 2.44. The van der Waals surface area contributed by atoms with Crippen molar-refractivity contribution in [3.8, 4) is 6.07 Å². The van der Waals surface area contributed by atoms with Gasteiger partial charge in [0.1, 0.15) is 0 Å². The Morgan fingerprint density at radius 2 is 1.48 bits per heavy atom. The summed E-state index contributed by atoms with van der Waals surface area (Å²) in [5, 5.41) is 12.1. The fourth-order valence-corrected chi connectivity index (χ4v) is 5.93. The molecule has 2 aliphatic heterocycles. The zero-order valence-electron chi connectivity index (χ0n) is 18.3. The lowest BCUT2D eigenvalue weighted by Crippen LogP contribution is -2.50. The minimum Gasteiger partial charge on any atom is -0.339 e. The van der Waals surface area contributed by atoms with Crippen LogP contribution in [0.15, 0.2) is 95.5 Å². The second-order valence-electron chi connectivity index (χ2n) is 8.40. The second-order valence-corrected chi connectivity index (χ2v) is 9.74. The molecule has 4 nitrogen and oxygen atoms in total. The van der Waals surface area contributed by atoms with Crippen LogP contribution in [0.5, 0.6) is 0 Å². The van der Waals surface area contributed by atoms with Gasteiger partial charge in [0.2, 0.25) is 0 Å². The summed E-state index contributed by atoms with van der Waals surface area (Å²) >= 11 is 8.41. The molecule has 0 saturated carbocycles. The molecule has 0 N–H and O–H groups in total. The van der Waals surface area contributed by atoms with Crippen molar-refractivity contribution < 1.29 is 0 Å². The van der Waals surface area contributed by atoms with Crippen LogP contribution in [0.1, 0.15) is 22.7 Å². The molecule has 0 amide bonds. The van der Waals surface area contributed by atoms with Crippen molar-refractivity contribution in [2.45, 2.75) is 19.1 Å². The van der Waals surface area contributed by atoms with Crippen molar-refractivity contribution in [3.63, 3.8) is 0 Å². The molecule has 1 fully saturated rings. The molecule has 2 heterocycles. The van der Waals surface area contributed by atoms with Crippen molar-refractivity contribution in [2.24, 2.45) is 0 Å². The molecule has 0 bridgehead atoms. The van der Waals surface area contributed by atoms with Gasteiger partial charge < -0.3 is 4.90 Å². The van der Waals surface area contributed by atoms with Crippen molar-refractivity contribution in [1.29, 1.82) is 5.26 Å². The molecule has 33 heavy (non-hydrogen) atoms. The average molecular weight is 473 g/mol. The molecule has 0 radical (unpaired) electrons. The van der Waals surface area contributed by atoms with E-state index in [1.54, 1.807) is 11.8 Å². The molecule has 0 aliphatic carbocycles. The first-order chi connectivity index (χ1) is 16.2. The highest BCUT2D eigenvalue weighted by atomic mass is 35.5. The smallest absolute Gasteiger partial charge is 0.0995 e. The van der Waals surface area contributed by atoms with Gasteiger partial charge in [-0.15, -0.1) is 0 Å². The van der Waals surface area contributed by atoms with Crippen molar-refractivity contribution >= 4 is 23.4 Å². The van der Waals surface area contributed by atoms with Crippen LogP contribution in [-0.2, 0) is 13.1 Å². The normalized spacial score (nSPS) is 19.3. The molecule has 0 aromatic heterocycles. The molecule has 0 spiro atoms. The minimum atomic E-state index is -0.164. The molecule has 166 valence electrons. The molecule has 1 unspecified atom stereocenters. The molecular weight excluding hydrogens is 448 g/mol. The number of rotatable bonds is 5. The maximum atomic E-state index is 10.3. The number of hydrogen-bond donors (Lipinski definition) is 0. The lowest BCUT2D eigenvalue weighted by atomic mass is 9.96. The largest absolute Gasteiger partial charge is 0.339 e. The molecular formula is C27H25ClN4S. The molecule has 3 aromatic carbocycles. The van der Waals surface area contributed by atoms with Crippen LogP contribution in [0, 0.1) is 11.3 Å². The summed E-state index contributed by atoms with van der Waals surface area (Å²) in [6.07, 6.45) is 0. The van der Waals surface area contributed by atoms with Crippen LogP contribution in [0.4, 0.5) is 0 Å². The van der Waals surface area contributed by atoms with Gasteiger partial charge in [0.05, 0.1) is 41.9 Å². The van der Waals surface area contributed by atoms with E-state index in [9.17, 15) is 5.26 Å². The van der Waals surface area contributed by atoms with Gasteiger partial charge in [0.15, 0.2) is 0 Å². The Kier molecular flexibility index (Phi) is 6.70. The maximum absolute atomic E-state index is 10.3. The zero-order chi connectivity index (χ0) is 22.6. The number of thioether (sulfide) groups is 1. The van der Waals surface area contributed by atoms with Crippen molar-refractivity contribution in [2.75, 3.05) is 19.2 Å². The van der Waals surface area contributed by atoms with Gasteiger partial charge in [0.25, 0.3) is 0 Å². The summed E-state index contributed by atoms with van der Waals surface area (Å²) in [6.45, 7) is 3.17. The van der Waals surface area contributed by atoms with Gasteiger partial charge in [-0.1, -0.05) is 102 Å². The van der Waals surface area contributed by atoms with Crippen LogP contribution in [0.25, 0.3) is 0 Å². The van der Waals surface area contributed by atoms with Crippen molar-refractivity contribution in [3.05, 3.63) is 117 Å². The summed E-state index contributed by atoms with van der Waals surface area (Å²) in [6, 6.07) is 31.3. The first-order valence-electron chi connectivity index (χ1n) is 11.0. The summed E-state index contributed by atoms with van der Waals surface area (Å²) in [5.41, 5.74) is 4.31. The number of benzene rings is 3. The second kappa shape index (κ2) is 10.0. The zero-order valence-corrected chi connectivity index (χ0v) is 19.8. The number of fused-ring (bicyclic) bond motifs is 1. The Bertz CT molecular complexity index is 1180. The van der Waals surface area contributed by atoms with Gasteiger partial charge in [0, 0.05) is 18.1 Å². The Balaban J connectivity index is 1.48. The number of nitrogens with zero attached hydrogens (tertiary/aromatic N) is 4. The van der Waals surface area contributed by atoms with Gasteiger partial charge in [-0.3, -0.25) is 9.80 Å². The molecule has 5 rings (SSSR count). The van der Waals surface area contributed by atoms with E-state index >= 15 is 0 Å². The maximum Gasteiger partial charge on any atom is 0.0995 e. The summed E-state index contributed by atoms with van der Waals surface area (Å²) < 4.78 is 0. The van der Waals surface area contributed by atoms with Crippen LogP contribution >= 0.6 is 23.4 Å². The van der Waals surface area contributed by atoms with E-state index in [-0.39, 0.29) is 6.04 Å². The summed E-state index contributed by atoms with van der Waals surface area (Å²) in [4.78, 5) is 7.13. The van der Waals surface area contributed by atoms with Gasteiger partial charge >= 0.3 is 0 Å². The first kappa shape index (κ1) is 22.1. The van der Waals surface area contributed by atoms with Crippen LogP contribution in [0.2, 0.25) is 5.02 Å². The van der Waals surface area contributed by atoms with Crippen molar-refractivity contribution in [1.82, 2.24) is 14.7 Å². The third kappa shape index (κ3) is 4.80. The van der Waals surface area contributed by atoms with E-state index in [2.05, 4.69) is 75.4 Å². The SMILES string of the molecule is N#CC1=C2SCN(Cc3ccccc3)CN2CN(Cc2ccccc2)C1c1ccccc1Cl. The highest BCUT2D eigenvalue weighted by Gasteiger charge is 2.38. The molecule has 3 aromatic rings. The molecule has 6 heteroatoms. The van der Waals surface area contributed by atoms with E-state index in [1.807, 2.05) is 30.3 Å². The van der Waals surface area contributed by atoms with E-state index in [1.165, 1.54) is 11.1 Å². The Hall–Kier alpha value is -2.75. The quantitative estimate of drug-likeness (QED) is 0.451. The Labute approximate surface area is 204 Å². The molecule has 1 saturated heterocycles. The van der Waals surface area contributed by atoms with Gasteiger partial charge in [-0.05, 0) is 22.8 Å². The van der Waals surface area contributed by atoms with Gasteiger partial charge in [-0.2, -0.15) is 5.26 Å². The van der Waals surface area contributed by atoms with E-state index in [4.69, 9.17) is 11.6 Å².